The maximum absolute atomic E-state index is 12.3. The van der Waals surface area contributed by atoms with Crippen LogP contribution < -0.4 is 4.74 Å². The molecule has 0 saturated carbocycles. The van der Waals surface area contributed by atoms with Crippen molar-refractivity contribution in [2.75, 3.05) is 7.11 Å². The molecule has 0 aliphatic heterocycles. The molecule has 0 spiro atoms. The molecule has 1 aromatic rings. The third-order valence-corrected chi connectivity index (χ3v) is 3.16. The van der Waals surface area contributed by atoms with Crippen molar-refractivity contribution in [3.8, 4) is 5.75 Å². The summed E-state index contributed by atoms with van der Waals surface area (Å²) >= 11 is 8.36. The van der Waals surface area contributed by atoms with E-state index in [1.54, 1.807) is 19.1 Å². The minimum atomic E-state index is -4.54. The van der Waals surface area contributed by atoms with Crippen LogP contribution in [0.3, 0.4) is 0 Å². The van der Waals surface area contributed by atoms with E-state index in [1.807, 2.05) is 0 Å². The van der Waals surface area contributed by atoms with E-state index in [0.29, 0.717) is 15.8 Å². The summed E-state index contributed by atoms with van der Waals surface area (Å²) in [5, 5.41) is -1.18. The molecule has 0 aliphatic carbocycles. The molecule has 1 nitrogen and oxygen atoms in total. The Kier molecular flexibility index (Phi) is 4.49. The average Bonchev–Trinajstić information content (AvgIpc) is 2.21. The van der Waals surface area contributed by atoms with Crippen LogP contribution in [0.1, 0.15) is 11.1 Å². The van der Waals surface area contributed by atoms with E-state index in [4.69, 9.17) is 16.3 Å². The number of aryl methyl sites for hydroxylation is 1. The van der Waals surface area contributed by atoms with E-state index >= 15 is 0 Å². The van der Waals surface area contributed by atoms with Gasteiger partial charge in [0.05, 0.1) is 11.6 Å². The van der Waals surface area contributed by atoms with Gasteiger partial charge in [-0.3, -0.25) is 0 Å². The van der Waals surface area contributed by atoms with Gasteiger partial charge in [-0.1, -0.05) is 17.7 Å². The zero-order valence-electron chi connectivity index (χ0n) is 9.03. The monoisotopic (exact) mass is 328 g/mol. The van der Waals surface area contributed by atoms with E-state index in [9.17, 15) is 13.2 Å². The first kappa shape index (κ1) is 14.4. The highest BCUT2D eigenvalue weighted by molar-refractivity contribution is 9.10. The van der Waals surface area contributed by atoms with Crippen molar-refractivity contribution in [3.05, 3.63) is 32.8 Å². The standard InChI is InChI=1S/C11H9BrClF3O/c1-6-3-7(5-9(13)11(14,15)16)10(12)8(4-6)17-2/h3-5H,1-2H3/b9-5-. The van der Waals surface area contributed by atoms with E-state index in [-0.39, 0.29) is 0 Å². The molecule has 6 heteroatoms. The summed E-state index contributed by atoms with van der Waals surface area (Å²) in [5.41, 5.74) is 1.10. The lowest BCUT2D eigenvalue weighted by atomic mass is 10.1. The molecule has 17 heavy (non-hydrogen) atoms. The average molecular weight is 330 g/mol. The quantitative estimate of drug-likeness (QED) is 0.749. The molecular weight excluding hydrogens is 320 g/mol. The molecule has 0 fully saturated rings. The molecule has 0 N–H and O–H groups in total. The van der Waals surface area contributed by atoms with Gasteiger partial charge in [0.15, 0.2) is 0 Å². The lowest BCUT2D eigenvalue weighted by molar-refractivity contribution is -0.0836. The van der Waals surface area contributed by atoms with Gasteiger partial charge >= 0.3 is 6.18 Å². The molecule has 1 rings (SSSR count). The van der Waals surface area contributed by atoms with Crippen LogP contribution in [0.5, 0.6) is 5.75 Å². The van der Waals surface area contributed by atoms with Gasteiger partial charge in [0, 0.05) is 0 Å². The summed E-state index contributed by atoms with van der Waals surface area (Å²) in [5.74, 6) is 0.461. The fourth-order valence-electron chi connectivity index (χ4n) is 1.23. The molecule has 0 aliphatic rings. The molecular formula is C11H9BrClF3O. The number of methoxy groups -OCH3 is 1. The van der Waals surface area contributed by atoms with Crippen molar-refractivity contribution in [1.29, 1.82) is 0 Å². The molecule has 0 radical (unpaired) electrons. The molecule has 0 atom stereocenters. The molecule has 0 bridgehead atoms. The lowest BCUT2D eigenvalue weighted by Gasteiger charge is -2.09. The number of hydrogen-bond donors (Lipinski definition) is 0. The van der Waals surface area contributed by atoms with Crippen LogP contribution in [0.25, 0.3) is 6.08 Å². The number of benzene rings is 1. The zero-order valence-corrected chi connectivity index (χ0v) is 11.4. The molecule has 94 valence electrons. The molecule has 0 amide bonds. The minimum absolute atomic E-state index is 0.323. The Bertz CT molecular complexity index is 455. The van der Waals surface area contributed by atoms with Crippen LogP contribution in [0.4, 0.5) is 13.2 Å². The zero-order chi connectivity index (χ0) is 13.2. The summed E-state index contributed by atoms with van der Waals surface area (Å²) in [6, 6.07) is 3.30. The van der Waals surface area contributed by atoms with Gasteiger partial charge < -0.3 is 4.74 Å². The number of hydrogen-bond acceptors (Lipinski definition) is 1. The topological polar surface area (TPSA) is 9.23 Å². The fraction of sp³-hybridized carbons (Fsp3) is 0.273. The Labute approximate surface area is 110 Å². The Balaban J connectivity index is 3.28. The van der Waals surface area contributed by atoms with Gasteiger partial charge in [0.25, 0.3) is 0 Å². The predicted molar refractivity (Wildman–Crippen MR) is 65.3 cm³/mol. The van der Waals surface area contributed by atoms with Crippen molar-refractivity contribution in [3.63, 3.8) is 0 Å². The van der Waals surface area contributed by atoms with Crippen LogP contribution >= 0.6 is 27.5 Å². The smallest absolute Gasteiger partial charge is 0.426 e. The van der Waals surface area contributed by atoms with Crippen LogP contribution in [0, 0.1) is 6.92 Å². The summed E-state index contributed by atoms with van der Waals surface area (Å²) < 4.78 is 42.4. The van der Waals surface area contributed by atoms with Crippen molar-refractivity contribution in [1.82, 2.24) is 0 Å². The number of ether oxygens (including phenoxy) is 1. The fourth-order valence-corrected chi connectivity index (χ4v) is 1.86. The van der Waals surface area contributed by atoms with E-state index in [0.717, 1.165) is 11.6 Å². The van der Waals surface area contributed by atoms with E-state index < -0.39 is 11.2 Å². The summed E-state index contributed by atoms with van der Waals surface area (Å²) in [6.07, 6.45) is -3.68. The molecule has 0 heterocycles. The highest BCUT2D eigenvalue weighted by Gasteiger charge is 2.32. The summed E-state index contributed by atoms with van der Waals surface area (Å²) in [6.45, 7) is 1.76. The Morgan fingerprint density at radius 1 is 1.41 bits per heavy atom. The van der Waals surface area contributed by atoms with Crippen molar-refractivity contribution in [2.24, 2.45) is 0 Å². The van der Waals surface area contributed by atoms with Gasteiger partial charge in [-0.25, -0.2) is 0 Å². The first-order valence-corrected chi connectivity index (χ1v) is 5.71. The Morgan fingerprint density at radius 3 is 2.47 bits per heavy atom. The normalized spacial score (nSPS) is 12.8. The van der Waals surface area contributed by atoms with Gasteiger partial charge in [-0.15, -0.1) is 0 Å². The number of halogens is 5. The molecule has 0 aromatic heterocycles. The third kappa shape index (κ3) is 3.64. The van der Waals surface area contributed by atoms with Gasteiger partial charge in [0.2, 0.25) is 0 Å². The van der Waals surface area contributed by atoms with Gasteiger partial charge in [-0.05, 0) is 46.1 Å². The lowest BCUT2D eigenvalue weighted by Crippen LogP contribution is -2.06. The predicted octanol–water partition coefficient (Wildman–Crippen LogP) is 4.91. The SMILES string of the molecule is COc1cc(C)cc(/C=C(\Cl)C(F)(F)F)c1Br. The highest BCUT2D eigenvalue weighted by Crippen LogP contribution is 2.35. The van der Waals surface area contributed by atoms with Gasteiger partial charge in [-0.2, -0.15) is 13.2 Å². The van der Waals surface area contributed by atoms with E-state index in [2.05, 4.69) is 15.9 Å². The molecule has 0 unspecified atom stereocenters. The first-order chi connectivity index (χ1) is 7.75. The number of alkyl halides is 3. The second kappa shape index (κ2) is 5.31. The van der Waals surface area contributed by atoms with Gasteiger partial charge in [0.1, 0.15) is 10.8 Å². The summed E-state index contributed by atoms with van der Waals surface area (Å²) in [7, 11) is 1.44. The first-order valence-electron chi connectivity index (χ1n) is 4.54. The van der Waals surface area contributed by atoms with Crippen LogP contribution in [0.2, 0.25) is 0 Å². The summed E-state index contributed by atoms with van der Waals surface area (Å²) in [4.78, 5) is 0. The van der Waals surface area contributed by atoms with E-state index in [1.165, 1.54) is 7.11 Å². The number of allylic oxidation sites excluding steroid dienone is 1. The van der Waals surface area contributed by atoms with Crippen LogP contribution in [-0.4, -0.2) is 13.3 Å². The molecule has 1 aromatic carbocycles. The maximum Gasteiger partial charge on any atom is 0.426 e. The largest absolute Gasteiger partial charge is 0.496 e. The van der Waals surface area contributed by atoms with Crippen molar-refractivity contribution < 1.29 is 17.9 Å². The van der Waals surface area contributed by atoms with Crippen molar-refractivity contribution in [2.45, 2.75) is 13.1 Å². The third-order valence-electron chi connectivity index (χ3n) is 1.98. The minimum Gasteiger partial charge on any atom is -0.496 e. The Hall–Kier alpha value is -0.680. The highest BCUT2D eigenvalue weighted by atomic mass is 79.9. The molecule has 0 saturated heterocycles. The number of rotatable bonds is 2. The Morgan fingerprint density at radius 2 is 2.00 bits per heavy atom. The van der Waals surface area contributed by atoms with Crippen LogP contribution in [-0.2, 0) is 0 Å². The van der Waals surface area contributed by atoms with Crippen molar-refractivity contribution >= 4 is 33.6 Å². The maximum atomic E-state index is 12.3. The second-order valence-electron chi connectivity index (χ2n) is 3.36. The second-order valence-corrected chi connectivity index (χ2v) is 4.56. The van der Waals surface area contributed by atoms with Crippen LogP contribution in [0.15, 0.2) is 21.6 Å².